The molecule has 80 valence electrons. The molecule has 0 heterocycles. The van der Waals surface area contributed by atoms with Gasteiger partial charge in [0.25, 0.3) is 0 Å². The van der Waals surface area contributed by atoms with E-state index in [1.807, 2.05) is 37.3 Å². The maximum absolute atomic E-state index is 11.2. The number of ketones is 1. The fourth-order valence-electron chi connectivity index (χ4n) is 1.71. The standard InChI is InChI=1S/C15H14O/c1-11(12(2)16)10-14-8-5-7-13-6-3-4-9-15(13)14/h3-10H,1-2H3/b11-10-. The Hall–Kier alpha value is -1.89. The van der Waals surface area contributed by atoms with Gasteiger partial charge in [-0.25, -0.2) is 0 Å². The SMILES string of the molecule is CC(=O)/C(C)=C\c1cccc2ccccc12. The first kappa shape index (κ1) is 10.6. The van der Waals surface area contributed by atoms with Crippen LogP contribution in [0.5, 0.6) is 0 Å². The molecule has 0 saturated heterocycles. The van der Waals surface area contributed by atoms with Crippen molar-refractivity contribution in [3.05, 3.63) is 53.6 Å². The van der Waals surface area contributed by atoms with Crippen molar-refractivity contribution in [3.63, 3.8) is 0 Å². The Morgan fingerprint density at radius 1 is 1.00 bits per heavy atom. The van der Waals surface area contributed by atoms with E-state index in [9.17, 15) is 4.79 Å². The molecule has 0 unspecified atom stereocenters. The van der Waals surface area contributed by atoms with Crippen LogP contribution in [0.3, 0.4) is 0 Å². The minimum Gasteiger partial charge on any atom is -0.295 e. The number of rotatable bonds is 2. The predicted molar refractivity (Wildman–Crippen MR) is 68.3 cm³/mol. The summed E-state index contributed by atoms with van der Waals surface area (Å²) < 4.78 is 0. The molecule has 16 heavy (non-hydrogen) atoms. The van der Waals surface area contributed by atoms with E-state index in [2.05, 4.69) is 18.2 Å². The summed E-state index contributed by atoms with van der Waals surface area (Å²) in [6.07, 6.45) is 1.95. The van der Waals surface area contributed by atoms with Crippen LogP contribution in [0.15, 0.2) is 48.0 Å². The van der Waals surface area contributed by atoms with Crippen LogP contribution < -0.4 is 0 Å². The molecule has 0 atom stereocenters. The normalized spacial score (nSPS) is 11.8. The van der Waals surface area contributed by atoms with E-state index in [0.717, 1.165) is 11.1 Å². The number of Topliss-reactive ketones (excluding diaryl/α,β-unsaturated/α-hetero) is 1. The minimum absolute atomic E-state index is 0.118. The summed E-state index contributed by atoms with van der Waals surface area (Å²) in [5, 5.41) is 2.39. The van der Waals surface area contributed by atoms with Crippen LogP contribution in [0.4, 0.5) is 0 Å². The van der Waals surface area contributed by atoms with Gasteiger partial charge < -0.3 is 0 Å². The van der Waals surface area contributed by atoms with E-state index in [1.165, 1.54) is 10.8 Å². The first-order chi connectivity index (χ1) is 7.68. The van der Waals surface area contributed by atoms with Crippen LogP contribution in [-0.4, -0.2) is 5.78 Å². The largest absolute Gasteiger partial charge is 0.295 e. The molecule has 0 amide bonds. The van der Waals surface area contributed by atoms with Crippen molar-refractivity contribution < 1.29 is 4.79 Å². The van der Waals surface area contributed by atoms with Crippen molar-refractivity contribution in [1.29, 1.82) is 0 Å². The van der Waals surface area contributed by atoms with Gasteiger partial charge in [-0.1, -0.05) is 42.5 Å². The highest BCUT2D eigenvalue weighted by molar-refractivity contribution is 6.00. The number of hydrogen-bond donors (Lipinski definition) is 0. The fraction of sp³-hybridized carbons (Fsp3) is 0.133. The van der Waals surface area contributed by atoms with E-state index in [0.29, 0.717) is 0 Å². The van der Waals surface area contributed by atoms with Crippen molar-refractivity contribution in [2.24, 2.45) is 0 Å². The molecule has 0 aliphatic rings. The van der Waals surface area contributed by atoms with Crippen LogP contribution in [-0.2, 0) is 4.79 Å². The summed E-state index contributed by atoms with van der Waals surface area (Å²) in [7, 11) is 0. The quantitative estimate of drug-likeness (QED) is 0.688. The summed E-state index contributed by atoms with van der Waals surface area (Å²) in [6.45, 7) is 3.45. The third kappa shape index (κ3) is 2.03. The summed E-state index contributed by atoms with van der Waals surface area (Å²) in [6, 6.07) is 14.3. The molecular formula is C15H14O. The average Bonchev–Trinajstić information content (AvgIpc) is 2.29. The molecule has 0 N–H and O–H groups in total. The number of fused-ring (bicyclic) bond motifs is 1. The van der Waals surface area contributed by atoms with E-state index < -0.39 is 0 Å². The fourth-order valence-corrected chi connectivity index (χ4v) is 1.71. The first-order valence-electron chi connectivity index (χ1n) is 5.35. The molecule has 0 fully saturated rings. The molecule has 0 aliphatic carbocycles. The number of benzene rings is 2. The van der Waals surface area contributed by atoms with E-state index in [4.69, 9.17) is 0 Å². The van der Waals surface area contributed by atoms with Crippen molar-refractivity contribution in [2.45, 2.75) is 13.8 Å². The van der Waals surface area contributed by atoms with Gasteiger partial charge in [-0.15, -0.1) is 0 Å². The highest BCUT2D eigenvalue weighted by atomic mass is 16.1. The summed E-state index contributed by atoms with van der Waals surface area (Å²) in [4.78, 5) is 11.2. The number of carbonyl (C=O) groups is 1. The van der Waals surface area contributed by atoms with Crippen LogP contribution in [0.25, 0.3) is 16.8 Å². The lowest BCUT2D eigenvalue weighted by atomic mass is 10.0. The van der Waals surface area contributed by atoms with Gasteiger partial charge in [-0.05, 0) is 41.8 Å². The van der Waals surface area contributed by atoms with E-state index in [1.54, 1.807) is 6.92 Å². The molecule has 0 saturated carbocycles. The van der Waals surface area contributed by atoms with Gasteiger partial charge in [0.1, 0.15) is 0 Å². The molecule has 0 aromatic heterocycles. The third-order valence-corrected chi connectivity index (χ3v) is 2.75. The van der Waals surface area contributed by atoms with Gasteiger partial charge in [0.15, 0.2) is 5.78 Å². The highest BCUT2D eigenvalue weighted by Gasteiger charge is 2.00. The van der Waals surface area contributed by atoms with Crippen molar-refractivity contribution in [3.8, 4) is 0 Å². The Morgan fingerprint density at radius 2 is 1.69 bits per heavy atom. The van der Waals surface area contributed by atoms with E-state index >= 15 is 0 Å². The Morgan fingerprint density at radius 3 is 2.44 bits per heavy atom. The molecule has 2 aromatic rings. The number of hydrogen-bond acceptors (Lipinski definition) is 1. The highest BCUT2D eigenvalue weighted by Crippen LogP contribution is 2.20. The molecule has 0 radical (unpaired) electrons. The molecular weight excluding hydrogens is 196 g/mol. The van der Waals surface area contributed by atoms with Gasteiger partial charge in [-0.2, -0.15) is 0 Å². The van der Waals surface area contributed by atoms with Crippen LogP contribution >= 0.6 is 0 Å². The van der Waals surface area contributed by atoms with E-state index in [-0.39, 0.29) is 5.78 Å². The summed E-state index contributed by atoms with van der Waals surface area (Å²) in [5.74, 6) is 0.118. The van der Waals surface area contributed by atoms with Crippen LogP contribution in [0.2, 0.25) is 0 Å². The Labute approximate surface area is 95.4 Å². The van der Waals surface area contributed by atoms with Gasteiger partial charge >= 0.3 is 0 Å². The molecule has 0 bridgehead atoms. The van der Waals surface area contributed by atoms with Crippen LogP contribution in [0.1, 0.15) is 19.4 Å². The van der Waals surface area contributed by atoms with Crippen molar-refractivity contribution in [2.75, 3.05) is 0 Å². The van der Waals surface area contributed by atoms with Gasteiger partial charge in [-0.3, -0.25) is 4.79 Å². The smallest absolute Gasteiger partial charge is 0.155 e. The maximum atomic E-state index is 11.2. The summed E-state index contributed by atoms with van der Waals surface area (Å²) >= 11 is 0. The second-order valence-electron chi connectivity index (χ2n) is 3.95. The van der Waals surface area contributed by atoms with Crippen molar-refractivity contribution >= 4 is 22.6 Å². The first-order valence-corrected chi connectivity index (χ1v) is 5.35. The molecule has 0 aliphatic heterocycles. The zero-order valence-corrected chi connectivity index (χ0v) is 9.53. The lowest BCUT2D eigenvalue weighted by Crippen LogP contribution is -1.91. The third-order valence-electron chi connectivity index (χ3n) is 2.75. The second kappa shape index (κ2) is 4.31. The predicted octanol–water partition coefficient (Wildman–Crippen LogP) is 3.83. The number of allylic oxidation sites excluding steroid dienone is 1. The topological polar surface area (TPSA) is 17.1 Å². The van der Waals surface area contributed by atoms with Gasteiger partial charge in [0.05, 0.1) is 0 Å². The minimum atomic E-state index is 0.118. The zero-order valence-electron chi connectivity index (χ0n) is 9.53. The Balaban J connectivity index is 2.61. The number of carbonyl (C=O) groups excluding carboxylic acids is 1. The summed E-state index contributed by atoms with van der Waals surface area (Å²) in [5.41, 5.74) is 1.89. The molecule has 2 aromatic carbocycles. The lowest BCUT2D eigenvalue weighted by Gasteiger charge is -2.02. The molecule has 1 nitrogen and oxygen atoms in total. The maximum Gasteiger partial charge on any atom is 0.155 e. The molecule has 1 heteroatoms. The van der Waals surface area contributed by atoms with Crippen LogP contribution in [0, 0.1) is 0 Å². The average molecular weight is 210 g/mol. The Kier molecular flexibility index (Phi) is 2.86. The monoisotopic (exact) mass is 210 g/mol. The zero-order chi connectivity index (χ0) is 11.5. The van der Waals surface area contributed by atoms with Gasteiger partial charge in [0.2, 0.25) is 0 Å². The Bertz CT molecular complexity index is 559. The van der Waals surface area contributed by atoms with Crippen molar-refractivity contribution in [1.82, 2.24) is 0 Å². The van der Waals surface area contributed by atoms with Gasteiger partial charge in [0, 0.05) is 0 Å². The molecule has 0 spiro atoms. The second-order valence-corrected chi connectivity index (χ2v) is 3.95. The molecule has 2 rings (SSSR count). The lowest BCUT2D eigenvalue weighted by molar-refractivity contribution is -0.113.